The summed E-state index contributed by atoms with van der Waals surface area (Å²) in [6.45, 7) is 6.82. The van der Waals surface area contributed by atoms with E-state index in [0.29, 0.717) is 23.6 Å². The molecule has 0 spiro atoms. The van der Waals surface area contributed by atoms with E-state index in [9.17, 15) is 9.90 Å². The number of hydrogen-bond acceptors (Lipinski definition) is 2. The number of nitrogens with zero attached hydrogens (tertiary/aromatic N) is 2. The monoisotopic (exact) mass is 358 g/mol. The van der Waals surface area contributed by atoms with Crippen LogP contribution in [0.2, 0.25) is 5.02 Å². The Balaban J connectivity index is 2.14. The van der Waals surface area contributed by atoms with Gasteiger partial charge in [-0.05, 0) is 42.5 Å². The molecule has 0 bridgehead atoms. The molecular formula is C20H23ClN2O2. The van der Waals surface area contributed by atoms with Crippen LogP contribution in [-0.2, 0) is 17.8 Å². The van der Waals surface area contributed by atoms with Crippen LogP contribution in [0.5, 0.6) is 0 Å². The van der Waals surface area contributed by atoms with E-state index in [4.69, 9.17) is 16.6 Å². The minimum atomic E-state index is -0.823. The molecular weight excluding hydrogens is 336 g/mol. The molecule has 1 aliphatic rings. The lowest BCUT2D eigenvalue weighted by Gasteiger charge is -2.16. The van der Waals surface area contributed by atoms with Gasteiger partial charge in [-0.1, -0.05) is 44.5 Å². The lowest BCUT2D eigenvalue weighted by atomic mass is 10.0. The van der Waals surface area contributed by atoms with Crippen molar-refractivity contribution in [2.45, 2.75) is 52.5 Å². The summed E-state index contributed by atoms with van der Waals surface area (Å²) < 4.78 is 2.20. The second kappa shape index (κ2) is 7.04. The van der Waals surface area contributed by atoms with Crippen LogP contribution < -0.4 is 0 Å². The summed E-state index contributed by atoms with van der Waals surface area (Å²) in [7, 11) is 0. The van der Waals surface area contributed by atoms with Gasteiger partial charge in [-0.3, -0.25) is 0 Å². The number of benzene rings is 1. The number of carboxylic acids is 1. The molecule has 5 heteroatoms. The molecule has 132 valence electrons. The number of allylic oxidation sites excluding steroid dienone is 1. The second-order valence-electron chi connectivity index (χ2n) is 6.75. The summed E-state index contributed by atoms with van der Waals surface area (Å²) in [5.41, 5.74) is 4.62. The Labute approximate surface area is 153 Å². The largest absolute Gasteiger partial charge is 0.478 e. The fourth-order valence-electron chi connectivity index (χ4n) is 3.56. The number of halogens is 1. The maximum Gasteiger partial charge on any atom is 0.331 e. The molecule has 1 aliphatic carbocycles. The van der Waals surface area contributed by atoms with E-state index in [1.807, 2.05) is 31.2 Å². The highest BCUT2D eigenvalue weighted by Gasteiger charge is 2.30. The number of carbonyl (C=O) groups is 1. The van der Waals surface area contributed by atoms with Crippen LogP contribution in [0, 0.1) is 0 Å². The molecule has 0 atom stereocenters. The van der Waals surface area contributed by atoms with E-state index in [1.54, 1.807) is 0 Å². The topological polar surface area (TPSA) is 55.1 Å². The number of hydrogen-bond donors (Lipinski definition) is 1. The van der Waals surface area contributed by atoms with E-state index >= 15 is 0 Å². The minimum absolute atomic E-state index is 0.272. The normalized spacial score (nSPS) is 15.6. The third kappa shape index (κ3) is 3.36. The quantitative estimate of drug-likeness (QED) is 0.773. The Kier molecular flexibility index (Phi) is 5.00. The standard InChI is InChI=1S/C20H23ClN2O2/c1-4-15(20(24)25)16-9-10-17-18(16)23(19(22-17)12(2)3)11-13-5-7-14(21)8-6-13/h5-8,12H,4,9-11H2,1-3H3,(H,24,25). The lowest BCUT2D eigenvalue weighted by molar-refractivity contribution is -0.132. The van der Waals surface area contributed by atoms with Gasteiger partial charge < -0.3 is 9.67 Å². The highest BCUT2D eigenvalue weighted by atomic mass is 35.5. The first-order valence-electron chi connectivity index (χ1n) is 8.71. The molecule has 0 saturated heterocycles. The van der Waals surface area contributed by atoms with Crippen molar-refractivity contribution < 1.29 is 9.90 Å². The van der Waals surface area contributed by atoms with E-state index in [0.717, 1.165) is 41.2 Å². The first kappa shape index (κ1) is 17.7. The molecule has 0 fully saturated rings. The second-order valence-corrected chi connectivity index (χ2v) is 7.18. The third-order valence-electron chi connectivity index (χ3n) is 4.71. The highest BCUT2D eigenvalue weighted by Crippen LogP contribution is 2.38. The summed E-state index contributed by atoms with van der Waals surface area (Å²) in [5.74, 6) is 0.461. The van der Waals surface area contributed by atoms with Crippen LogP contribution in [0.4, 0.5) is 0 Å². The molecule has 0 radical (unpaired) electrons. The zero-order chi connectivity index (χ0) is 18.1. The molecule has 0 aliphatic heterocycles. The zero-order valence-electron chi connectivity index (χ0n) is 14.8. The Hall–Kier alpha value is -2.07. The minimum Gasteiger partial charge on any atom is -0.478 e. The van der Waals surface area contributed by atoms with Crippen molar-refractivity contribution in [1.82, 2.24) is 9.55 Å². The molecule has 1 N–H and O–H groups in total. The molecule has 3 rings (SSSR count). The first-order valence-corrected chi connectivity index (χ1v) is 9.09. The third-order valence-corrected chi connectivity index (χ3v) is 4.97. The van der Waals surface area contributed by atoms with Gasteiger partial charge in [-0.15, -0.1) is 0 Å². The molecule has 1 aromatic carbocycles. The van der Waals surface area contributed by atoms with Crippen molar-refractivity contribution in [3.05, 3.63) is 57.6 Å². The SMILES string of the molecule is CCC(C(=O)O)=C1CCc2nc(C(C)C)n(Cc3ccc(Cl)cc3)c21. The maximum absolute atomic E-state index is 11.7. The van der Waals surface area contributed by atoms with Gasteiger partial charge in [0, 0.05) is 23.1 Å². The van der Waals surface area contributed by atoms with Gasteiger partial charge in [0.05, 0.1) is 11.4 Å². The smallest absolute Gasteiger partial charge is 0.331 e. The predicted octanol–water partition coefficient (Wildman–Crippen LogP) is 4.90. The van der Waals surface area contributed by atoms with Crippen molar-refractivity contribution in [1.29, 1.82) is 0 Å². The van der Waals surface area contributed by atoms with Crippen molar-refractivity contribution in [3.63, 3.8) is 0 Å². The average molecular weight is 359 g/mol. The number of carboxylic acid groups (broad SMARTS) is 1. The first-order chi connectivity index (χ1) is 11.9. The Morgan fingerprint density at radius 1 is 1.28 bits per heavy atom. The van der Waals surface area contributed by atoms with Gasteiger partial charge in [-0.25, -0.2) is 9.78 Å². The fraction of sp³-hybridized carbons (Fsp3) is 0.400. The van der Waals surface area contributed by atoms with Gasteiger partial charge in [0.2, 0.25) is 0 Å². The molecule has 0 unspecified atom stereocenters. The van der Waals surface area contributed by atoms with Crippen molar-refractivity contribution in [3.8, 4) is 0 Å². The van der Waals surface area contributed by atoms with Gasteiger partial charge in [-0.2, -0.15) is 0 Å². The van der Waals surface area contributed by atoms with Crippen molar-refractivity contribution in [2.75, 3.05) is 0 Å². The Bertz CT molecular complexity index is 832. The van der Waals surface area contributed by atoms with Crippen molar-refractivity contribution in [2.24, 2.45) is 0 Å². The Morgan fingerprint density at radius 3 is 2.52 bits per heavy atom. The molecule has 0 amide bonds. The van der Waals surface area contributed by atoms with E-state index < -0.39 is 5.97 Å². The fourth-order valence-corrected chi connectivity index (χ4v) is 3.68. The predicted molar refractivity (Wildman–Crippen MR) is 100 cm³/mol. The van der Waals surface area contributed by atoms with E-state index in [-0.39, 0.29) is 5.92 Å². The number of aliphatic carboxylic acids is 1. The van der Waals surface area contributed by atoms with Crippen LogP contribution in [0.3, 0.4) is 0 Å². The Morgan fingerprint density at radius 2 is 1.96 bits per heavy atom. The van der Waals surface area contributed by atoms with Crippen LogP contribution in [0.15, 0.2) is 29.8 Å². The number of aromatic nitrogens is 2. The summed E-state index contributed by atoms with van der Waals surface area (Å²) in [6, 6.07) is 7.79. The molecule has 2 aromatic rings. The molecule has 0 saturated carbocycles. The van der Waals surface area contributed by atoms with Gasteiger partial charge in [0.1, 0.15) is 5.82 Å². The van der Waals surface area contributed by atoms with Gasteiger partial charge in [0.25, 0.3) is 0 Å². The maximum atomic E-state index is 11.7. The van der Waals surface area contributed by atoms with Gasteiger partial charge >= 0.3 is 5.97 Å². The highest BCUT2D eigenvalue weighted by molar-refractivity contribution is 6.30. The molecule has 1 aromatic heterocycles. The number of aryl methyl sites for hydroxylation is 1. The van der Waals surface area contributed by atoms with Crippen LogP contribution >= 0.6 is 11.6 Å². The number of imidazole rings is 1. The van der Waals surface area contributed by atoms with E-state index in [1.165, 1.54) is 0 Å². The summed E-state index contributed by atoms with van der Waals surface area (Å²) in [6.07, 6.45) is 2.09. The van der Waals surface area contributed by atoms with Crippen LogP contribution in [0.25, 0.3) is 5.57 Å². The van der Waals surface area contributed by atoms with Gasteiger partial charge in [0.15, 0.2) is 0 Å². The van der Waals surface area contributed by atoms with Crippen molar-refractivity contribution >= 4 is 23.1 Å². The lowest BCUT2D eigenvalue weighted by Crippen LogP contribution is -2.11. The summed E-state index contributed by atoms with van der Waals surface area (Å²) in [5, 5.41) is 10.3. The van der Waals surface area contributed by atoms with Crippen LogP contribution in [-0.4, -0.2) is 20.6 Å². The van der Waals surface area contributed by atoms with Crippen LogP contribution in [0.1, 0.15) is 62.3 Å². The zero-order valence-corrected chi connectivity index (χ0v) is 15.6. The average Bonchev–Trinajstić information content (AvgIpc) is 3.11. The molecule has 4 nitrogen and oxygen atoms in total. The summed E-state index contributed by atoms with van der Waals surface area (Å²) in [4.78, 5) is 16.5. The number of fused-ring (bicyclic) bond motifs is 1. The molecule has 25 heavy (non-hydrogen) atoms. The summed E-state index contributed by atoms with van der Waals surface area (Å²) >= 11 is 6.00. The number of rotatable bonds is 5. The molecule has 1 heterocycles. The van der Waals surface area contributed by atoms with E-state index in [2.05, 4.69) is 18.4 Å².